The molecule has 0 aliphatic heterocycles. The number of carbonyl (C=O) groups excluding carboxylic acids is 2. The van der Waals surface area contributed by atoms with Gasteiger partial charge in [-0.25, -0.2) is 4.79 Å². The molecule has 0 N–H and O–H groups in total. The third-order valence-electron chi connectivity index (χ3n) is 4.76. The molecule has 0 aliphatic carbocycles. The standard InChI is InChI=1S/C23H17Cl3O5P/c1-12-8-7-11-14(24)15(12)23(28)32(29)22-20(30-2)17(25)16(18(26)21(22)31-3)19(27)13-9-5-4-6-10-13/h4-11H,1-3H3/q+1. The van der Waals surface area contributed by atoms with Crippen molar-refractivity contribution in [1.82, 2.24) is 0 Å². The number of methoxy groups -OCH3 is 2. The van der Waals surface area contributed by atoms with E-state index < -0.39 is 19.1 Å². The Balaban J connectivity index is 2.25. The first-order valence-corrected chi connectivity index (χ1v) is 11.6. The molecule has 0 amide bonds. The molecule has 0 saturated heterocycles. The fourth-order valence-electron chi connectivity index (χ4n) is 3.23. The van der Waals surface area contributed by atoms with Gasteiger partial charge in [0.25, 0.3) is 5.30 Å². The summed E-state index contributed by atoms with van der Waals surface area (Å²) in [7, 11) is -0.259. The van der Waals surface area contributed by atoms with Crippen molar-refractivity contribution >= 4 is 59.2 Å². The Morgan fingerprint density at radius 3 is 1.88 bits per heavy atom. The Labute approximate surface area is 201 Å². The Kier molecular flexibility index (Phi) is 7.58. The topological polar surface area (TPSA) is 69.7 Å². The number of carbonyl (C=O) groups is 2. The summed E-state index contributed by atoms with van der Waals surface area (Å²) in [6.07, 6.45) is 0. The Hall–Kier alpha value is -2.43. The quantitative estimate of drug-likeness (QED) is 0.268. The summed E-state index contributed by atoms with van der Waals surface area (Å²) in [6.45, 7) is 1.68. The number of hydrogen-bond donors (Lipinski definition) is 0. The van der Waals surface area contributed by atoms with Gasteiger partial charge in [0.1, 0.15) is 10.0 Å². The Morgan fingerprint density at radius 2 is 1.38 bits per heavy atom. The van der Waals surface area contributed by atoms with Crippen molar-refractivity contribution in [2.75, 3.05) is 14.2 Å². The van der Waals surface area contributed by atoms with Gasteiger partial charge in [-0.1, -0.05) is 81.8 Å². The van der Waals surface area contributed by atoms with E-state index in [0.717, 1.165) is 0 Å². The molecule has 0 radical (unpaired) electrons. The maximum absolute atomic E-state index is 13.4. The first-order valence-electron chi connectivity index (χ1n) is 9.23. The lowest BCUT2D eigenvalue weighted by Crippen LogP contribution is -2.16. The van der Waals surface area contributed by atoms with Crippen LogP contribution >= 0.6 is 42.6 Å². The van der Waals surface area contributed by atoms with Crippen LogP contribution in [0.15, 0.2) is 48.5 Å². The summed E-state index contributed by atoms with van der Waals surface area (Å²) in [5, 5.41) is -0.332. The zero-order valence-corrected chi connectivity index (χ0v) is 20.4. The van der Waals surface area contributed by atoms with Gasteiger partial charge in [0.05, 0.1) is 30.4 Å². The maximum Gasteiger partial charge on any atom is 0.466 e. The van der Waals surface area contributed by atoms with Crippen LogP contribution in [-0.4, -0.2) is 25.5 Å². The molecule has 0 fully saturated rings. The molecule has 0 spiro atoms. The molecule has 0 aromatic heterocycles. The predicted octanol–water partition coefficient (Wildman–Crippen LogP) is 6.50. The second-order valence-corrected chi connectivity index (χ2v) is 9.25. The first kappa shape index (κ1) is 24.2. The minimum Gasteiger partial charge on any atom is -0.491 e. The third kappa shape index (κ3) is 4.26. The van der Waals surface area contributed by atoms with Crippen LogP contribution in [-0.2, 0) is 4.57 Å². The number of halogens is 3. The number of aryl methyl sites for hydroxylation is 1. The van der Waals surface area contributed by atoms with Crippen LogP contribution in [0.5, 0.6) is 11.5 Å². The van der Waals surface area contributed by atoms with Crippen molar-refractivity contribution in [3.63, 3.8) is 0 Å². The van der Waals surface area contributed by atoms with E-state index >= 15 is 0 Å². The van der Waals surface area contributed by atoms with Crippen LogP contribution in [0.25, 0.3) is 0 Å². The molecule has 32 heavy (non-hydrogen) atoms. The first-order chi connectivity index (χ1) is 15.2. The molecule has 0 bridgehead atoms. The van der Waals surface area contributed by atoms with Crippen LogP contribution in [0.4, 0.5) is 0 Å². The molecule has 3 aromatic rings. The zero-order chi connectivity index (χ0) is 23.6. The van der Waals surface area contributed by atoms with E-state index in [1.807, 2.05) is 0 Å². The predicted molar refractivity (Wildman–Crippen MR) is 127 cm³/mol. The van der Waals surface area contributed by atoms with E-state index in [-0.39, 0.29) is 43.0 Å². The molecule has 0 aliphatic rings. The van der Waals surface area contributed by atoms with Crippen LogP contribution in [0.2, 0.25) is 15.1 Å². The number of rotatable bonds is 7. The number of hydrogen-bond acceptors (Lipinski definition) is 5. The van der Waals surface area contributed by atoms with Gasteiger partial charge in [-0.05, 0) is 18.6 Å². The highest BCUT2D eigenvalue weighted by atomic mass is 35.5. The molecule has 1 unspecified atom stereocenters. The summed E-state index contributed by atoms with van der Waals surface area (Å²) < 4.78 is 24.2. The third-order valence-corrected chi connectivity index (χ3v) is 7.20. The van der Waals surface area contributed by atoms with E-state index in [4.69, 9.17) is 44.3 Å². The van der Waals surface area contributed by atoms with Gasteiger partial charge >= 0.3 is 13.3 Å². The van der Waals surface area contributed by atoms with Crippen LogP contribution in [0.3, 0.4) is 0 Å². The van der Waals surface area contributed by atoms with Crippen molar-refractivity contribution < 1.29 is 23.6 Å². The van der Waals surface area contributed by atoms with Crippen LogP contribution < -0.4 is 14.8 Å². The van der Waals surface area contributed by atoms with E-state index in [2.05, 4.69) is 0 Å². The molecule has 9 heteroatoms. The summed E-state index contributed by atoms with van der Waals surface area (Å²) >= 11 is 19.2. The van der Waals surface area contributed by atoms with E-state index in [0.29, 0.717) is 11.1 Å². The lowest BCUT2D eigenvalue weighted by molar-refractivity contribution is 0.103. The minimum atomic E-state index is -2.82. The summed E-state index contributed by atoms with van der Waals surface area (Å²) in [5.74, 6) is -0.745. The van der Waals surface area contributed by atoms with Crippen molar-refractivity contribution in [3.05, 3.63) is 85.9 Å². The van der Waals surface area contributed by atoms with E-state index in [1.165, 1.54) is 20.3 Å². The SMILES string of the molecule is COc1c(Cl)c(C(=O)c2ccccc2)c(Cl)c(OC)c1[P+](=O)C(=O)c1c(C)cccc1Cl. The molecule has 0 heterocycles. The van der Waals surface area contributed by atoms with Gasteiger partial charge in [0, 0.05) is 5.56 Å². The molecular weight excluding hydrogens is 494 g/mol. The molecule has 5 nitrogen and oxygen atoms in total. The second-order valence-electron chi connectivity index (χ2n) is 6.64. The van der Waals surface area contributed by atoms with Gasteiger partial charge in [0.15, 0.2) is 17.3 Å². The van der Waals surface area contributed by atoms with Crippen molar-refractivity contribution in [3.8, 4) is 11.5 Å². The smallest absolute Gasteiger partial charge is 0.466 e. The van der Waals surface area contributed by atoms with E-state index in [9.17, 15) is 14.2 Å². The van der Waals surface area contributed by atoms with Crippen molar-refractivity contribution in [1.29, 1.82) is 0 Å². The van der Waals surface area contributed by atoms with Gasteiger partial charge in [0.2, 0.25) is 0 Å². The summed E-state index contributed by atoms with van der Waals surface area (Å²) in [5.41, 5.74) is 0.170. The van der Waals surface area contributed by atoms with Crippen molar-refractivity contribution in [2.45, 2.75) is 6.92 Å². The van der Waals surface area contributed by atoms with Gasteiger partial charge in [-0.15, -0.1) is 0 Å². The highest BCUT2D eigenvalue weighted by Crippen LogP contribution is 2.46. The van der Waals surface area contributed by atoms with Crippen LogP contribution in [0.1, 0.15) is 31.8 Å². The highest BCUT2D eigenvalue weighted by molar-refractivity contribution is 7.72. The fourth-order valence-corrected chi connectivity index (χ4v) is 5.97. The van der Waals surface area contributed by atoms with Crippen LogP contribution in [0, 0.1) is 6.92 Å². The lowest BCUT2D eigenvalue weighted by atomic mass is 10.0. The largest absolute Gasteiger partial charge is 0.491 e. The average molecular weight is 511 g/mol. The molecule has 3 aromatic carbocycles. The van der Waals surface area contributed by atoms with Crippen molar-refractivity contribution in [2.24, 2.45) is 0 Å². The summed E-state index contributed by atoms with van der Waals surface area (Å²) in [6, 6.07) is 13.2. The average Bonchev–Trinajstić information content (AvgIpc) is 2.78. The van der Waals surface area contributed by atoms with Gasteiger partial charge < -0.3 is 9.47 Å². The molecule has 1 atom stereocenters. The van der Waals surface area contributed by atoms with Gasteiger partial charge in [-0.3, -0.25) is 4.79 Å². The Bertz CT molecular complexity index is 1190. The second kappa shape index (κ2) is 10.0. The molecule has 164 valence electrons. The van der Waals surface area contributed by atoms with E-state index in [1.54, 1.807) is 49.4 Å². The number of benzene rings is 3. The zero-order valence-electron chi connectivity index (χ0n) is 17.2. The Morgan fingerprint density at radius 1 is 0.812 bits per heavy atom. The maximum atomic E-state index is 13.4. The monoisotopic (exact) mass is 509 g/mol. The normalized spacial score (nSPS) is 11.1. The molecule has 0 saturated carbocycles. The molecular formula is C23H17Cl3O5P+. The lowest BCUT2D eigenvalue weighted by Gasteiger charge is -2.14. The minimum absolute atomic E-state index is 0.0817. The number of ether oxygens (including phenoxy) is 2. The summed E-state index contributed by atoms with van der Waals surface area (Å²) in [4.78, 5) is 26.3. The molecule has 3 rings (SSSR count). The van der Waals surface area contributed by atoms with Gasteiger partial charge in [-0.2, -0.15) is 0 Å². The highest BCUT2D eigenvalue weighted by Gasteiger charge is 2.45. The number of ketones is 1. The fraction of sp³-hybridized carbons (Fsp3) is 0.130.